The standard InChI is InChI=1S/C17H23Br/c18-17-8-3-1-2-7-16(17)15-11-9-14(10-12-15)13-5-4-6-13/h9-13,16-17H,1-8H2. The molecule has 0 aliphatic heterocycles. The molecule has 2 atom stereocenters. The van der Waals surface area contributed by atoms with Crippen LogP contribution in [0.4, 0.5) is 0 Å². The van der Waals surface area contributed by atoms with Gasteiger partial charge >= 0.3 is 0 Å². The minimum Gasteiger partial charge on any atom is -0.0884 e. The molecule has 0 heterocycles. The number of hydrogen-bond donors (Lipinski definition) is 0. The van der Waals surface area contributed by atoms with Gasteiger partial charge in [0.05, 0.1) is 0 Å². The van der Waals surface area contributed by atoms with Crippen LogP contribution in [0.5, 0.6) is 0 Å². The minimum atomic E-state index is 0.689. The highest BCUT2D eigenvalue weighted by Crippen LogP contribution is 2.39. The van der Waals surface area contributed by atoms with Gasteiger partial charge in [-0.05, 0) is 48.6 Å². The Labute approximate surface area is 119 Å². The molecule has 98 valence electrons. The van der Waals surface area contributed by atoms with Crippen molar-refractivity contribution in [3.8, 4) is 0 Å². The van der Waals surface area contributed by atoms with Crippen molar-refractivity contribution in [1.82, 2.24) is 0 Å². The Bertz CT molecular complexity index is 377. The van der Waals surface area contributed by atoms with Crippen molar-refractivity contribution in [2.24, 2.45) is 0 Å². The number of halogens is 1. The van der Waals surface area contributed by atoms with Gasteiger partial charge in [-0.2, -0.15) is 0 Å². The topological polar surface area (TPSA) is 0 Å². The highest BCUT2D eigenvalue weighted by molar-refractivity contribution is 9.09. The maximum atomic E-state index is 3.91. The van der Waals surface area contributed by atoms with Crippen LogP contribution >= 0.6 is 15.9 Å². The summed E-state index contributed by atoms with van der Waals surface area (Å²) in [5.74, 6) is 1.61. The summed E-state index contributed by atoms with van der Waals surface area (Å²) in [5.41, 5.74) is 3.13. The van der Waals surface area contributed by atoms with Crippen molar-refractivity contribution in [2.75, 3.05) is 0 Å². The zero-order chi connectivity index (χ0) is 12.4. The van der Waals surface area contributed by atoms with E-state index in [1.807, 2.05) is 0 Å². The van der Waals surface area contributed by atoms with E-state index in [4.69, 9.17) is 0 Å². The highest BCUT2D eigenvalue weighted by atomic mass is 79.9. The summed E-state index contributed by atoms with van der Waals surface area (Å²) in [6.45, 7) is 0. The molecule has 2 saturated carbocycles. The third-order valence-electron chi connectivity index (χ3n) is 4.87. The fraction of sp³-hybridized carbons (Fsp3) is 0.647. The fourth-order valence-electron chi connectivity index (χ4n) is 3.39. The first-order valence-electron chi connectivity index (χ1n) is 7.58. The molecular formula is C17H23Br. The predicted molar refractivity (Wildman–Crippen MR) is 81.6 cm³/mol. The largest absolute Gasteiger partial charge is 0.0884 e. The smallest absolute Gasteiger partial charge is 0.0214 e. The van der Waals surface area contributed by atoms with Crippen LogP contribution in [0, 0.1) is 0 Å². The third kappa shape index (κ3) is 2.66. The monoisotopic (exact) mass is 306 g/mol. The quantitative estimate of drug-likeness (QED) is 0.481. The molecule has 3 rings (SSSR count). The van der Waals surface area contributed by atoms with E-state index in [0.29, 0.717) is 4.83 Å². The second-order valence-electron chi connectivity index (χ2n) is 6.05. The van der Waals surface area contributed by atoms with Crippen LogP contribution in [-0.2, 0) is 0 Å². The molecule has 1 aromatic carbocycles. The molecule has 0 aromatic heterocycles. The van der Waals surface area contributed by atoms with Gasteiger partial charge in [-0.25, -0.2) is 0 Å². The molecule has 1 heteroatoms. The molecule has 0 spiro atoms. The van der Waals surface area contributed by atoms with E-state index >= 15 is 0 Å². The van der Waals surface area contributed by atoms with Crippen LogP contribution in [0.15, 0.2) is 24.3 Å². The fourth-order valence-corrected chi connectivity index (χ4v) is 4.29. The molecule has 0 radical (unpaired) electrons. The van der Waals surface area contributed by atoms with Gasteiger partial charge in [-0.15, -0.1) is 0 Å². The molecule has 0 saturated heterocycles. The van der Waals surface area contributed by atoms with Crippen LogP contribution in [0.1, 0.15) is 74.3 Å². The first-order valence-corrected chi connectivity index (χ1v) is 8.50. The van der Waals surface area contributed by atoms with Crippen molar-refractivity contribution in [3.05, 3.63) is 35.4 Å². The Balaban J connectivity index is 1.74. The van der Waals surface area contributed by atoms with Gasteiger partial charge in [0.15, 0.2) is 0 Å². The first kappa shape index (κ1) is 12.7. The van der Waals surface area contributed by atoms with Gasteiger partial charge in [-0.3, -0.25) is 0 Å². The summed E-state index contributed by atoms with van der Waals surface area (Å²) in [7, 11) is 0. The molecule has 2 fully saturated rings. The van der Waals surface area contributed by atoms with E-state index in [1.165, 1.54) is 51.4 Å². The van der Waals surface area contributed by atoms with Crippen LogP contribution in [0.3, 0.4) is 0 Å². The van der Waals surface area contributed by atoms with Crippen molar-refractivity contribution >= 4 is 15.9 Å². The third-order valence-corrected chi connectivity index (χ3v) is 5.97. The van der Waals surface area contributed by atoms with Crippen LogP contribution in [-0.4, -0.2) is 4.83 Å². The summed E-state index contributed by atoms with van der Waals surface area (Å²) in [6, 6.07) is 9.59. The van der Waals surface area contributed by atoms with Gasteiger partial charge in [-0.1, -0.05) is 65.9 Å². The highest BCUT2D eigenvalue weighted by Gasteiger charge is 2.24. The second-order valence-corrected chi connectivity index (χ2v) is 7.23. The lowest BCUT2D eigenvalue weighted by molar-refractivity contribution is 0.419. The van der Waals surface area contributed by atoms with Crippen molar-refractivity contribution in [2.45, 2.75) is 68.0 Å². The zero-order valence-electron chi connectivity index (χ0n) is 11.1. The molecule has 0 amide bonds. The average molecular weight is 307 g/mol. The summed E-state index contributed by atoms with van der Waals surface area (Å²) in [5, 5.41) is 0. The Morgan fingerprint density at radius 2 is 1.39 bits per heavy atom. The summed E-state index contributed by atoms with van der Waals surface area (Å²) < 4.78 is 0. The minimum absolute atomic E-state index is 0.689. The first-order chi connectivity index (χ1) is 8.84. The van der Waals surface area contributed by atoms with Gasteiger partial charge in [0.25, 0.3) is 0 Å². The summed E-state index contributed by atoms with van der Waals surface area (Å²) in [6.07, 6.45) is 11.2. The predicted octanol–water partition coefficient (Wildman–Crippen LogP) is 5.77. The average Bonchev–Trinajstić information content (AvgIpc) is 2.53. The van der Waals surface area contributed by atoms with E-state index in [-0.39, 0.29) is 0 Å². The Morgan fingerprint density at radius 1 is 0.722 bits per heavy atom. The molecule has 2 unspecified atom stereocenters. The van der Waals surface area contributed by atoms with Crippen LogP contribution in [0.2, 0.25) is 0 Å². The normalized spacial score (nSPS) is 29.6. The number of benzene rings is 1. The van der Waals surface area contributed by atoms with Crippen LogP contribution in [0.25, 0.3) is 0 Å². The van der Waals surface area contributed by atoms with E-state index < -0.39 is 0 Å². The Hall–Kier alpha value is -0.300. The maximum Gasteiger partial charge on any atom is 0.0214 e. The molecule has 1 aromatic rings. The zero-order valence-corrected chi connectivity index (χ0v) is 12.7. The lowest BCUT2D eigenvalue weighted by Gasteiger charge is -2.27. The summed E-state index contributed by atoms with van der Waals surface area (Å²) in [4.78, 5) is 0.689. The molecular weight excluding hydrogens is 284 g/mol. The lowest BCUT2D eigenvalue weighted by atomic mass is 9.79. The van der Waals surface area contributed by atoms with E-state index in [1.54, 1.807) is 11.1 Å². The number of hydrogen-bond acceptors (Lipinski definition) is 0. The van der Waals surface area contributed by atoms with E-state index in [2.05, 4.69) is 40.2 Å². The Kier molecular flexibility index (Phi) is 4.08. The number of rotatable bonds is 2. The molecule has 0 bridgehead atoms. The van der Waals surface area contributed by atoms with Crippen molar-refractivity contribution < 1.29 is 0 Å². The van der Waals surface area contributed by atoms with Gasteiger partial charge < -0.3 is 0 Å². The molecule has 0 nitrogen and oxygen atoms in total. The maximum absolute atomic E-state index is 3.91. The van der Waals surface area contributed by atoms with Crippen LogP contribution < -0.4 is 0 Å². The molecule has 2 aliphatic rings. The Morgan fingerprint density at radius 3 is 2.06 bits per heavy atom. The SMILES string of the molecule is BrC1CCCCCC1c1ccc(C2CCC2)cc1. The van der Waals surface area contributed by atoms with E-state index in [9.17, 15) is 0 Å². The second kappa shape index (κ2) is 5.77. The van der Waals surface area contributed by atoms with Crippen molar-refractivity contribution in [3.63, 3.8) is 0 Å². The van der Waals surface area contributed by atoms with Gasteiger partial charge in [0.2, 0.25) is 0 Å². The lowest BCUT2D eigenvalue weighted by Crippen LogP contribution is -2.12. The number of alkyl halides is 1. The molecule has 2 aliphatic carbocycles. The van der Waals surface area contributed by atoms with Gasteiger partial charge in [0, 0.05) is 4.83 Å². The summed E-state index contributed by atoms with van der Waals surface area (Å²) >= 11 is 3.91. The molecule has 18 heavy (non-hydrogen) atoms. The molecule has 0 N–H and O–H groups in total. The van der Waals surface area contributed by atoms with Gasteiger partial charge in [0.1, 0.15) is 0 Å². The van der Waals surface area contributed by atoms with E-state index in [0.717, 1.165) is 11.8 Å². The van der Waals surface area contributed by atoms with Crippen molar-refractivity contribution in [1.29, 1.82) is 0 Å².